The zero-order valence-electron chi connectivity index (χ0n) is 9.23. The largest absolute Gasteiger partial charge is 0.414 e. The van der Waals surface area contributed by atoms with Gasteiger partial charge in [-0.2, -0.15) is 0 Å². The lowest BCUT2D eigenvalue weighted by atomic mass is 10.00. The molecule has 0 atom stereocenters. The highest BCUT2D eigenvalue weighted by atomic mass is 28.3. The highest BCUT2D eigenvalue weighted by molar-refractivity contribution is 6.69. The Bertz CT molecular complexity index is 522. The van der Waals surface area contributed by atoms with Crippen LogP contribution in [0, 0.1) is 0 Å². The average molecular weight is 225 g/mol. The van der Waals surface area contributed by atoms with Gasteiger partial charge in [0.05, 0.1) is 0 Å². The molecule has 2 heteroatoms. The van der Waals surface area contributed by atoms with Crippen LogP contribution >= 0.6 is 0 Å². The van der Waals surface area contributed by atoms with Crippen LogP contribution in [0.1, 0.15) is 5.56 Å². The summed E-state index contributed by atoms with van der Waals surface area (Å²) in [5.41, 5.74) is 4.17. The Balaban J connectivity index is 2.24. The molecule has 0 bridgehead atoms. The van der Waals surface area contributed by atoms with E-state index in [0.717, 1.165) is 6.04 Å². The third-order valence-electron chi connectivity index (χ3n) is 3.13. The summed E-state index contributed by atoms with van der Waals surface area (Å²) in [4.78, 5) is 0. The highest BCUT2D eigenvalue weighted by Gasteiger charge is 2.26. The van der Waals surface area contributed by atoms with Crippen molar-refractivity contribution in [3.63, 3.8) is 0 Å². The lowest BCUT2D eigenvalue weighted by Crippen LogP contribution is -2.39. The van der Waals surface area contributed by atoms with Crippen LogP contribution < -0.4 is 5.19 Å². The standard InChI is InChI=1S/C14H13OSi/c1-15-16-10-11-6-2-3-7-12(11)13-8-4-5-9-14(13)16/h2-9H,10H2,1H3. The molecule has 2 aromatic rings. The Kier molecular flexibility index (Phi) is 2.38. The summed E-state index contributed by atoms with van der Waals surface area (Å²) in [7, 11) is 0.976. The Morgan fingerprint density at radius 3 is 2.44 bits per heavy atom. The average Bonchev–Trinajstić information content (AvgIpc) is 2.38. The van der Waals surface area contributed by atoms with Crippen LogP contribution in [0.5, 0.6) is 0 Å². The Labute approximate surface area is 97.4 Å². The van der Waals surface area contributed by atoms with E-state index in [0.29, 0.717) is 0 Å². The van der Waals surface area contributed by atoms with Gasteiger partial charge in [0, 0.05) is 7.11 Å². The third-order valence-corrected chi connectivity index (χ3v) is 5.36. The van der Waals surface area contributed by atoms with E-state index in [1.165, 1.54) is 21.9 Å². The first-order valence-electron chi connectivity index (χ1n) is 5.47. The van der Waals surface area contributed by atoms with Crippen LogP contribution in [-0.2, 0) is 10.5 Å². The monoisotopic (exact) mass is 225 g/mol. The third kappa shape index (κ3) is 1.42. The normalized spacial score (nSPS) is 14.3. The van der Waals surface area contributed by atoms with Crippen molar-refractivity contribution in [2.24, 2.45) is 0 Å². The van der Waals surface area contributed by atoms with E-state index in [2.05, 4.69) is 48.5 Å². The molecular weight excluding hydrogens is 212 g/mol. The first-order chi connectivity index (χ1) is 7.90. The summed E-state index contributed by atoms with van der Waals surface area (Å²) in [6, 6.07) is 18.4. The molecule has 0 amide bonds. The van der Waals surface area contributed by atoms with Crippen LogP contribution in [0.4, 0.5) is 0 Å². The predicted octanol–water partition coefficient (Wildman–Crippen LogP) is 2.29. The maximum Gasteiger partial charge on any atom is 0.251 e. The summed E-state index contributed by atoms with van der Waals surface area (Å²) in [6.45, 7) is 0. The van der Waals surface area contributed by atoms with E-state index in [1.807, 2.05) is 7.11 Å². The topological polar surface area (TPSA) is 9.23 Å². The van der Waals surface area contributed by atoms with Crippen molar-refractivity contribution in [1.29, 1.82) is 0 Å². The molecule has 0 N–H and O–H groups in total. The molecule has 0 spiro atoms. The van der Waals surface area contributed by atoms with Crippen molar-refractivity contribution in [3.8, 4) is 11.1 Å². The number of benzene rings is 2. The van der Waals surface area contributed by atoms with Gasteiger partial charge in [0.15, 0.2) is 0 Å². The summed E-state index contributed by atoms with van der Waals surface area (Å²) < 4.78 is 5.68. The SMILES string of the molecule is CO[Si]1Cc2ccccc2-c2ccccc21. The number of rotatable bonds is 1. The molecule has 0 saturated heterocycles. The van der Waals surface area contributed by atoms with E-state index in [9.17, 15) is 0 Å². The van der Waals surface area contributed by atoms with E-state index in [1.54, 1.807) is 0 Å². The minimum Gasteiger partial charge on any atom is -0.414 e. The number of hydrogen-bond donors (Lipinski definition) is 0. The molecule has 0 aliphatic carbocycles. The van der Waals surface area contributed by atoms with Crippen molar-refractivity contribution < 1.29 is 4.43 Å². The molecule has 0 fully saturated rings. The molecule has 0 saturated carbocycles. The van der Waals surface area contributed by atoms with E-state index < -0.39 is 9.04 Å². The van der Waals surface area contributed by atoms with Crippen LogP contribution in [0.15, 0.2) is 48.5 Å². The van der Waals surface area contributed by atoms with Crippen molar-refractivity contribution in [3.05, 3.63) is 54.1 Å². The van der Waals surface area contributed by atoms with E-state index in [-0.39, 0.29) is 0 Å². The zero-order valence-corrected chi connectivity index (χ0v) is 10.2. The van der Waals surface area contributed by atoms with Crippen molar-refractivity contribution in [1.82, 2.24) is 0 Å². The second-order valence-corrected chi connectivity index (χ2v) is 6.15. The van der Waals surface area contributed by atoms with E-state index >= 15 is 0 Å². The fraction of sp³-hybridized carbons (Fsp3) is 0.143. The lowest BCUT2D eigenvalue weighted by molar-refractivity contribution is 0.428. The summed E-state index contributed by atoms with van der Waals surface area (Å²) in [5.74, 6) is 0. The summed E-state index contributed by atoms with van der Waals surface area (Å²) >= 11 is 0. The second-order valence-electron chi connectivity index (χ2n) is 4.01. The van der Waals surface area contributed by atoms with Crippen LogP contribution in [0.25, 0.3) is 11.1 Å². The maximum atomic E-state index is 5.68. The molecule has 16 heavy (non-hydrogen) atoms. The Hall–Kier alpha value is -1.38. The molecule has 2 aromatic carbocycles. The van der Waals surface area contributed by atoms with Crippen molar-refractivity contribution in [2.75, 3.05) is 7.11 Å². The molecule has 3 rings (SSSR count). The first kappa shape index (κ1) is 9.82. The van der Waals surface area contributed by atoms with Crippen molar-refractivity contribution in [2.45, 2.75) is 6.04 Å². The van der Waals surface area contributed by atoms with Gasteiger partial charge in [-0.25, -0.2) is 0 Å². The minimum absolute atomic E-state index is 0.856. The number of fused-ring (bicyclic) bond motifs is 3. The smallest absolute Gasteiger partial charge is 0.251 e. The molecule has 1 aliphatic rings. The van der Waals surface area contributed by atoms with Gasteiger partial charge in [0.1, 0.15) is 0 Å². The molecule has 1 heterocycles. The van der Waals surface area contributed by atoms with Crippen LogP contribution in [-0.4, -0.2) is 16.2 Å². The molecule has 1 radical (unpaired) electrons. The predicted molar refractivity (Wildman–Crippen MR) is 68.0 cm³/mol. The number of hydrogen-bond acceptors (Lipinski definition) is 1. The van der Waals surface area contributed by atoms with Gasteiger partial charge in [0.25, 0.3) is 9.04 Å². The molecule has 1 aliphatic heterocycles. The van der Waals surface area contributed by atoms with Gasteiger partial charge >= 0.3 is 0 Å². The van der Waals surface area contributed by atoms with Gasteiger partial charge in [-0.05, 0) is 27.9 Å². The molecule has 1 nitrogen and oxygen atoms in total. The van der Waals surface area contributed by atoms with Crippen molar-refractivity contribution >= 4 is 14.2 Å². The second kappa shape index (κ2) is 3.89. The quantitative estimate of drug-likeness (QED) is 0.677. The summed E-state index contributed by atoms with van der Waals surface area (Å²) in [6.07, 6.45) is 0. The van der Waals surface area contributed by atoms with E-state index in [4.69, 9.17) is 4.43 Å². The molecule has 0 unspecified atom stereocenters. The molecule has 0 aromatic heterocycles. The fourth-order valence-corrected chi connectivity index (χ4v) is 4.36. The zero-order chi connectivity index (χ0) is 11.0. The van der Waals surface area contributed by atoms with Gasteiger partial charge in [-0.15, -0.1) is 0 Å². The lowest BCUT2D eigenvalue weighted by Gasteiger charge is -2.24. The maximum absolute atomic E-state index is 5.68. The first-order valence-corrected chi connectivity index (χ1v) is 7.09. The molecule has 79 valence electrons. The van der Waals surface area contributed by atoms with Gasteiger partial charge < -0.3 is 4.43 Å². The highest BCUT2D eigenvalue weighted by Crippen LogP contribution is 2.27. The van der Waals surface area contributed by atoms with Gasteiger partial charge in [-0.3, -0.25) is 0 Å². The van der Waals surface area contributed by atoms with Gasteiger partial charge in [-0.1, -0.05) is 48.5 Å². The van der Waals surface area contributed by atoms with Crippen LogP contribution in [0.2, 0.25) is 0 Å². The minimum atomic E-state index is -0.856. The Morgan fingerprint density at radius 2 is 1.62 bits per heavy atom. The van der Waals surface area contributed by atoms with Crippen LogP contribution in [0.3, 0.4) is 0 Å². The fourth-order valence-electron chi connectivity index (χ4n) is 2.35. The summed E-state index contributed by atoms with van der Waals surface area (Å²) in [5, 5.41) is 1.41. The Morgan fingerprint density at radius 1 is 0.938 bits per heavy atom. The molecular formula is C14H13OSi. The van der Waals surface area contributed by atoms with Gasteiger partial charge in [0.2, 0.25) is 0 Å².